The van der Waals surface area contributed by atoms with Gasteiger partial charge in [-0.25, -0.2) is 0 Å². The van der Waals surface area contributed by atoms with E-state index in [1.807, 2.05) is 30.3 Å². The Morgan fingerprint density at radius 3 is 2.76 bits per heavy atom. The Labute approximate surface area is 122 Å². The molecule has 2 aromatic rings. The number of hydrogen-bond donors (Lipinski definition) is 1. The van der Waals surface area contributed by atoms with Crippen molar-refractivity contribution in [2.45, 2.75) is 6.42 Å². The molecule has 106 valence electrons. The molecule has 2 heterocycles. The van der Waals surface area contributed by atoms with Crippen molar-refractivity contribution in [3.05, 3.63) is 42.0 Å². The predicted octanol–water partition coefficient (Wildman–Crippen LogP) is 2.13. The van der Waals surface area contributed by atoms with Crippen LogP contribution in [-0.2, 0) is 4.79 Å². The van der Waals surface area contributed by atoms with E-state index in [-0.39, 0.29) is 11.8 Å². The average Bonchev–Trinajstić information content (AvgIpc) is 3.11. The number of amides is 1. The molecule has 0 aliphatic carbocycles. The van der Waals surface area contributed by atoms with Crippen LogP contribution in [0.3, 0.4) is 0 Å². The van der Waals surface area contributed by atoms with Crippen LogP contribution in [0.4, 0.5) is 5.88 Å². The molecule has 0 spiro atoms. The minimum absolute atomic E-state index is 0.0455. The lowest BCUT2D eigenvalue weighted by atomic mass is 10.1. The number of nitrogens with zero attached hydrogens (tertiary/aromatic N) is 2. The molecular weight excluding hydrogens is 266 g/mol. The van der Waals surface area contributed by atoms with Gasteiger partial charge in [-0.2, -0.15) is 5.26 Å². The maximum atomic E-state index is 12.1. The number of rotatable bonds is 3. The molecule has 1 saturated heterocycles. The van der Waals surface area contributed by atoms with E-state index in [4.69, 9.17) is 10.2 Å². The van der Waals surface area contributed by atoms with Crippen LogP contribution in [0.2, 0.25) is 0 Å². The predicted molar refractivity (Wildman–Crippen MR) is 78.4 cm³/mol. The van der Waals surface area contributed by atoms with Crippen molar-refractivity contribution in [2.24, 2.45) is 11.7 Å². The molecule has 2 N–H and O–H groups in total. The molecule has 1 unspecified atom stereocenters. The molecule has 1 aliphatic heterocycles. The van der Waals surface area contributed by atoms with Gasteiger partial charge in [-0.05, 0) is 12.5 Å². The second-order valence-corrected chi connectivity index (χ2v) is 5.12. The summed E-state index contributed by atoms with van der Waals surface area (Å²) in [7, 11) is 0. The van der Waals surface area contributed by atoms with Crippen LogP contribution in [0.1, 0.15) is 12.0 Å². The third-order valence-electron chi connectivity index (χ3n) is 3.67. The standard InChI is InChI=1S/C16H15N3O2/c17-8-11-6-15(20)19(10-11)16-13(9-18)7-14(21-16)12-4-2-1-3-5-12/h1-5,7,11H,6,8,10,17H2. The number of hydrogen-bond acceptors (Lipinski definition) is 4. The quantitative estimate of drug-likeness (QED) is 0.934. The van der Waals surface area contributed by atoms with E-state index in [2.05, 4.69) is 6.07 Å². The monoisotopic (exact) mass is 281 g/mol. The Kier molecular flexibility index (Phi) is 3.46. The molecule has 3 rings (SSSR count). The second-order valence-electron chi connectivity index (χ2n) is 5.12. The first-order chi connectivity index (χ1) is 10.2. The zero-order valence-electron chi connectivity index (χ0n) is 11.5. The first-order valence-electron chi connectivity index (χ1n) is 6.82. The van der Waals surface area contributed by atoms with Gasteiger partial charge < -0.3 is 10.2 Å². The van der Waals surface area contributed by atoms with Crippen molar-refractivity contribution in [2.75, 3.05) is 18.0 Å². The zero-order valence-corrected chi connectivity index (χ0v) is 11.5. The fourth-order valence-corrected chi connectivity index (χ4v) is 2.54. The second kappa shape index (κ2) is 5.43. The average molecular weight is 281 g/mol. The van der Waals surface area contributed by atoms with E-state index >= 15 is 0 Å². The van der Waals surface area contributed by atoms with Gasteiger partial charge in [0.1, 0.15) is 17.4 Å². The Hall–Kier alpha value is -2.58. The lowest BCUT2D eigenvalue weighted by Gasteiger charge is -2.13. The summed E-state index contributed by atoms with van der Waals surface area (Å²) in [6.07, 6.45) is 0.405. The molecule has 21 heavy (non-hydrogen) atoms. The number of anilines is 1. The van der Waals surface area contributed by atoms with Crippen molar-refractivity contribution in [3.63, 3.8) is 0 Å². The summed E-state index contributed by atoms with van der Waals surface area (Å²) in [6.45, 7) is 0.960. The molecule has 1 atom stereocenters. The minimum Gasteiger partial charge on any atom is -0.439 e. The fraction of sp³-hybridized carbons (Fsp3) is 0.250. The van der Waals surface area contributed by atoms with Gasteiger partial charge in [-0.3, -0.25) is 9.69 Å². The maximum absolute atomic E-state index is 12.1. The topological polar surface area (TPSA) is 83.3 Å². The van der Waals surface area contributed by atoms with Crippen LogP contribution in [0, 0.1) is 17.2 Å². The summed E-state index contributed by atoms with van der Waals surface area (Å²) in [5.74, 6) is 0.994. The van der Waals surface area contributed by atoms with E-state index in [1.54, 1.807) is 6.07 Å². The summed E-state index contributed by atoms with van der Waals surface area (Å²) in [4.78, 5) is 13.6. The number of furan rings is 1. The summed E-state index contributed by atoms with van der Waals surface area (Å²) >= 11 is 0. The highest BCUT2D eigenvalue weighted by molar-refractivity contribution is 5.96. The molecule has 1 aromatic heterocycles. The Morgan fingerprint density at radius 2 is 2.14 bits per heavy atom. The highest BCUT2D eigenvalue weighted by Gasteiger charge is 2.33. The van der Waals surface area contributed by atoms with Crippen molar-refractivity contribution < 1.29 is 9.21 Å². The number of nitriles is 1. The fourth-order valence-electron chi connectivity index (χ4n) is 2.54. The van der Waals surface area contributed by atoms with Crippen molar-refractivity contribution in [3.8, 4) is 17.4 Å². The van der Waals surface area contributed by atoms with Crippen LogP contribution in [0.15, 0.2) is 40.8 Å². The van der Waals surface area contributed by atoms with E-state index < -0.39 is 0 Å². The van der Waals surface area contributed by atoms with Crippen LogP contribution in [0.5, 0.6) is 0 Å². The number of benzene rings is 1. The molecule has 1 fully saturated rings. The normalized spacial score (nSPS) is 18.0. The molecule has 0 saturated carbocycles. The minimum atomic E-state index is -0.0455. The number of carbonyl (C=O) groups excluding carboxylic acids is 1. The number of carbonyl (C=O) groups is 1. The van der Waals surface area contributed by atoms with Gasteiger partial charge in [0, 0.05) is 24.6 Å². The Balaban J connectivity index is 1.98. The third kappa shape index (κ3) is 2.41. The van der Waals surface area contributed by atoms with Crippen LogP contribution >= 0.6 is 0 Å². The van der Waals surface area contributed by atoms with E-state index in [1.165, 1.54) is 4.90 Å². The lowest BCUT2D eigenvalue weighted by Crippen LogP contribution is -2.25. The molecule has 0 bridgehead atoms. The largest absolute Gasteiger partial charge is 0.439 e. The zero-order chi connectivity index (χ0) is 14.8. The highest BCUT2D eigenvalue weighted by Crippen LogP contribution is 2.34. The van der Waals surface area contributed by atoms with Gasteiger partial charge in [0.15, 0.2) is 0 Å². The summed E-state index contributed by atoms with van der Waals surface area (Å²) in [5.41, 5.74) is 6.88. The van der Waals surface area contributed by atoms with Gasteiger partial charge in [0.05, 0.1) is 0 Å². The molecule has 0 radical (unpaired) electrons. The third-order valence-corrected chi connectivity index (χ3v) is 3.67. The molecule has 1 amide bonds. The van der Waals surface area contributed by atoms with Crippen molar-refractivity contribution >= 4 is 11.8 Å². The van der Waals surface area contributed by atoms with Gasteiger partial charge >= 0.3 is 0 Å². The van der Waals surface area contributed by atoms with Gasteiger partial charge in [-0.15, -0.1) is 0 Å². The molecule has 1 aromatic carbocycles. The first kappa shape index (κ1) is 13.4. The van der Waals surface area contributed by atoms with Crippen LogP contribution in [-0.4, -0.2) is 19.0 Å². The first-order valence-corrected chi connectivity index (χ1v) is 6.82. The van der Waals surface area contributed by atoms with Gasteiger partial charge in [0.2, 0.25) is 11.8 Å². The van der Waals surface area contributed by atoms with E-state index in [0.29, 0.717) is 36.7 Å². The lowest BCUT2D eigenvalue weighted by molar-refractivity contribution is -0.117. The van der Waals surface area contributed by atoms with Crippen LogP contribution < -0.4 is 10.6 Å². The smallest absolute Gasteiger partial charge is 0.229 e. The van der Waals surface area contributed by atoms with E-state index in [0.717, 1.165) is 5.56 Å². The van der Waals surface area contributed by atoms with E-state index in [9.17, 15) is 10.1 Å². The SMILES string of the molecule is N#Cc1cc(-c2ccccc2)oc1N1CC(CN)CC1=O. The number of nitrogens with two attached hydrogens (primary N) is 1. The van der Waals surface area contributed by atoms with Gasteiger partial charge in [0.25, 0.3) is 0 Å². The Morgan fingerprint density at radius 1 is 1.38 bits per heavy atom. The summed E-state index contributed by atoms with van der Waals surface area (Å²) in [6, 6.07) is 13.3. The molecule has 5 nitrogen and oxygen atoms in total. The molecule has 5 heteroatoms. The molecule has 1 aliphatic rings. The summed E-state index contributed by atoms with van der Waals surface area (Å²) < 4.78 is 5.78. The van der Waals surface area contributed by atoms with Crippen molar-refractivity contribution in [1.82, 2.24) is 0 Å². The maximum Gasteiger partial charge on any atom is 0.229 e. The van der Waals surface area contributed by atoms with Gasteiger partial charge in [-0.1, -0.05) is 30.3 Å². The molecular formula is C16H15N3O2. The Bertz CT molecular complexity index is 700. The van der Waals surface area contributed by atoms with Crippen LogP contribution in [0.25, 0.3) is 11.3 Å². The highest BCUT2D eigenvalue weighted by atomic mass is 16.4. The van der Waals surface area contributed by atoms with Crippen molar-refractivity contribution in [1.29, 1.82) is 5.26 Å². The summed E-state index contributed by atoms with van der Waals surface area (Å²) in [5, 5.41) is 9.28.